The summed E-state index contributed by atoms with van der Waals surface area (Å²) in [6.45, 7) is 4.37. The van der Waals surface area contributed by atoms with Crippen molar-refractivity contribution in [3.63, 3.8) is 0 Å². The number of hydrogen-bond donors (Lipinski definition) is 2. The van der Waals surface area contributed by atoms with Crippen LogP contribution in [0.15, 0.2) is 88.0 Å². The molecule has 0 spiro atoms. The first kappa shape index (κ1) is 30.8. The first-order valence-corrected chi connectivity index (χ1v) is 16.1. The number of carbonyl (C=O) groups is 2. The minimum atomic E-state index is -0.476. The maximum absolute atomic E-state index is 13.7. The maximum atomic E-state index is 13.7. The molecule has 0 radical (unpaired) electrons. The van der Waals surface area contributed by atoms with Gasteiger partial charge in [0.05, 0.1) is 13.2 Å². The normalized spacial score (nSPS) is 20.5. The standard InChI is InChI=1S/C36H42N6O3/c37-23-26-3-7-29(8-4-26)34(43)22-31(36(44)40-32-13-9-30(10-14-32)35-38-24-39-41-35)21-25-1-5-27(6-2-25)28-11-15-33(16-12-28)42-17-19-45-20-18-42/h1-2,5-6,9-16,26,29,31H,3-4,7-8,17-24,37H2,(H,40,44)/t26?,29?,31-/m1/s1. The van der Waals surface area contributed by atoms with Crippen LogP contribution in [0.5, 0.6) is 0 Å². The predicted molar refractivity (Wildman–Crippen MR) is 178 cm³/mol. The van der Waals surface area contributed by atoms with Crippen molar-refractivity contribution in [2.75, 3.05) is 49.7 Å². The van der Waals surface area contributed by atoms with E-state index in [1.165, 1.54) is 5.69 Å². The Bertz CT molecular complexity index is 1500. The Labute approximate surface area is 265 Å². The molecule has 3 aromatic carbocycles. The third-order valence-electron chi connectivity index (χ3n) is 9.33. The lowest BCUT2D eigenvalue weighted by Crippen LogP contribution is -2.36. The van der Waals surface area contributed by atoms with E-state index < -0.39 is 5.92 Å². The number of hydrogen-bond acceptors (Lipinski definition) is 8. The van der Waals surface area contributed by atoms with Gasteiger partial charge < -0.3 is 20.7 Å². The molecule has 0 unspecified atom stereocenters. The largest absolute Gasteiger partial charge is 0.378 e. The Balaban J connectivity index is 1.13. The number of nitrogens with one attached hydrogen (secondary N) is 1. The third-order valence-corrected chi connectivity index (χ3v) is 9.33. The number of carbonyl (C=O) groups excluding carboxylic acids is 2. The molecular weight excluding hydrogens is 564 g/mol. The fraction of sp³-hybridized carbons (Fsp3) is 0.417. The van der Waals surface area contributed by atoms with Gasteiger partial charge in [0.2, 0.25) is 5.91 Å². The van der Waals surface area contributed by atoms with E-state index in [4.69, 9.17) is 10.5 Å². The van der Waals surface area contributed by atoms with Gasteiger partial charge in [0.15, 0.2) is 12.5 Å². The highest BCUT2D eigenvalue weighted by atomic mass is 16.5. The molecule has 0 aromatic heterocycles. The van der Waals surface area contributed by atoms with Gasteiger partial charge in [0, 0.05) is 48.3 Å². The van der Waals surface area contributed by atoms with Crippen LogP contribution in [-0.4, -0.2) is 57.0 Å². The van der Waals surface area contributed by atoms with Crippen LogP contribution in [0.2, 0.25) is 0 Å². The van der Waals surface area contributed by atoms with E-state index in [9.17, 15) is 9.59 Å². The van der Waals surface area contributed by atoms with Crippen molar-refractivity contribution in [1.82, 2.24) is 0 Å². The van der Waals surface area contributed by atoms with E-state index in [-0.39, 0.29) is 24.0 Å². The number of benzene rings is 3. The highest BCUT2D eigenvalue weighted by Crippen LogP contribution is 2.31. The first-order chi connectivity index (χ1) is 22.1. The molecule has 2 aliphatic heterocycles. The van der Waals surface area contributed by atoms with Crippen LogP contribution in [0.3, 0.4) is 0 Å². The summed E-state index contributed by atoms with van der Waals surface area (Å²) in [5.74, 6) is 0.664. The number of ketones is 1. The van der Waals surface area contributed by atoms with Crippen molar-refractivity contribution in [1.29, 1.82) is 0 Å². The quantitative estimate of drug-likeness (QED) is 0.282. The zero-order valence-corrected chi connectivity index (χ0v) is 25.7. The van der Waals surface area contributed by atoms with Crippen LogP contribution in [0.4, 0.5) is 11.4 Å². The number of rotatable bonds is 11. The number of Topliss-reactive ketones (excluding diaryl/α,β-unsaturated/α-hetero) is 1. The van der Waals surface area contributed by atoms with Gasteiger partial charge in [-0.2, -0.15) is 5.11 Å². The molecule has 3 aromatic rings. The summed E-state index contributed by atoms with van der Waals surface area (Å²) in [7, 11) is 0. The number of nitrogens with zero attached hydrogens (tertiary/aromatic N) is 4. The van der Waals surface area contributed by atoms with Crippen molar-refractivity contribution >= 4 is 28.9 Å². The molecule has 1 atom stereocenters. The molecular formula is C36H42N6O3. The summed E-state index contributed by atoms with van der Waals surface area (Å²) in [6, 6.07) is 24.4. The average Bonchev–Trinajstić information content (AvgIpc) is 3.64. The minimum absolute atomic E-state index is 0.00606. The van der Waals surface area contributed by atoms with Crippen molar-refractivity contribution in [2.24, 2.45) is 38.7 Å². The number of aliphatic imine (C=N–C) groups is 1. The number of amides is 1. The smallest absolute Gasteiger partial charge is 0.228 e. The molecule has 1 amide bonds. The molecule has 1 saturated carbocycles. The maximum Gasteiger partial charge on any atom is 0.228 e. The van der Waals surface area contributed by atoms with Gasteiger partial charge in [-0.15, -0.1) is 5.11 Å². The summed E-state index contributed by atoms with van der Waals surface area (Å²) in [5, 5.41) is 11.0. The fourth-order valence-electron chi connectivity index (χ4n) is 6.52. The highest BCUT2D eigenvalue weighted by Gasteiger charge is 2.30. The molecule has 2 fully saturated rings. The molecule has 1 aliphatic carbocycles. The van der Waals surface area contributed by atoms with Crippen molar-refractivity contribution in [3.05, 3.63) is 83.9 Å². The number of ether oxygens (including phenoxy) is 1. The van der Waals surface area contributed by atoms with Gasteiger partial charge >= 0.3 is 0 Å². The van der Waals surface area contributed by atoms with Crippen LogP contribution < -0.4 is 16.0 Å². The Morgan fingerprint density at radius 3 is 2.13 bits per heavy atom. The zero-order valence-electron chi connectivity index (χ0n) is 25.7. The number of nitrogens with two attached hydrogens (primary N) is 1. The number of anilines is 2. The van der Waals surface area contributed by atoms with Gasteiger partial charge in [0.25, 0.3) is 0 Å². The van der Waals surface area contributed by atoms with E-state index in [0.717, 1.165) is 74.2 Å². The Morgan fingerprint density at radius 2 is 1.51 bits per heavy atom. The van der Waals surface area contributed by atoms with Crippen molar-refractivity contribution < 1.29 is 14.3 Å². The lowest BCUT2D eigenvalue weighted by Gasteiger charge is -2.29. The van der Waals surface area contributed by atoms with E-state index in [1.807, 2.05) is 24.3 Å². The Morgan fingerprint density at radius 1 is 0.867 bits per heavy atom. The molecule has 3 N–H and O–H groups in total. The lowest BCUT2D eigenvalue weighted by atomic mass is 9.77. The van der Waals surface area contributed by atoms with E-state index in [2.05, 4.69) is 74.0 Å². The van der Waals surface area contributed by atoms with Crippen LogP contribution in [-0.2, 0) is 20.7 Å². The second-order valence-corrected chi connectivity index (χ2v) is 12.3. The Kier molecular flexibility index (Phi) is 10.1. The van der Waals surface area contributed by atoms with E-state index in [0.29, 0.717) is 37.1 Å². The second-order valence-electron chi connectivity index (χ2n) is 12.3. The molecule has 0 bridgehead atoms. The predicted octanol–water partition coefficient (Wildman–Crippen LogP) is 5.88. The number of amidine groups is 1. The third kappa shape index (κ3) is 7.90. The van der Waals surface area contributed by atoms with Gasteiger partial charge in [-0.3, -0.25) is 9.59 Å². The molecule has 1 saturated heterocycles. The lowest BCUT2D eigenvalue weighted by molar-refractivity contribution is -0.129. The summed E-state index contributed by atoms with van der Waals surface area (Å²) < 4.78 is 5.48. The second kappa shape index (κ2) is 14.7. The van der Waals surface area contributed by atoms with Gasteiger partial charge in [-0.1, -0.05) is 36.4 Å². The molecule has 9 heteroatoms. The van der Waals surface area contributed by atoms with Crippen molar-refractivity contribution in [3.8, 4) is 11.1 Å². The summed E-state index contributed by atoms with van der Waals surface area (Å²) in [4.78, 5) is 33.7. The van der Waals surface area contributed by atoms with Crippen LogP contribution >= 0.6 is 0 Å². The van der Waals surface area contributed by atoms with Gasteiger partial charge in [-0.05, 0) is 97.7 Å². The number of azo groups is 1. The molecule has 2 heterocycles. The minimum Gasteiger partial charge on any atom is -0.378 e. The zero-order chi connectivity index (χ0) is 31.0. The molecule has 6 rings (SSSR count). The fourth-order valence-corrected chi connectivity index (χ4v) is 6.52. The number of morpholine rings is 1. The topological polar surface area (TPSA) is 122 Å². The Hall–Kier alpha value is -4.21. The summed E-state index contributed by atoms with van der Waals surface area (Å²) in [5.41, 5.74) is 11.9. The van der Waals surface area contributed by atoms with Crippen LogP contribution in [0.25, 0.3) is 11.1 Å². The average molecular weight is 607 g/mol. The van der Waals surface area contributed by atoms with Gasteiger partial charge in [0.1, 0.15) is 5.78 Å². The van der Waals surface area contributed by atoms with E-state index in [1.54, 1.807) is 0 Å². The van der Waals surface area contributed by atoms with E-state index >= 15 is 0 Å². The first-order valence-electron chi connectivity index (χ1n) is 16.1. The summed E-state index contributed by atoms with van der Waals surface area (Å²) in [6.07, 6.45) is 4.39. The monoisotopic (exact) mass is 606 g/mol. The summed E-state index contributed by atoms with van der Waals surface area (Å²) >= 11 is 0. The molecule has 234 valence electrons. The SMILES string of the molecule is NCC1CCC(C(=O)C[C@@H](Cc2ccc(-c3ccc(N4CCOCC4)cc3)cc2)C(=O)Nc2ccc(C3=NCN=N3)cc2)CC1. The van der Waals surface area contributed by atoms with Crippen molar-refractivity contribution in [2.45, 2.75) is 38.5 Å². The molecule has 9 nitrogen and oxygen atoms in total. The molecule has 45 heavy (non-hydrogen) atoms. The molecule has 3 aliphatic rings. The van der Waals surface area contributed by atoms with Crippen LogP contribution in [0.1, 0.15) is 43.2 Å². The van der Waals surface area contributed by atoms with Gasteiger partial charge in [-0.25, -0.2) is 4.99 Å². The highest BCUT2D eigenvalue weighted by molar-refractivity contribution is 6.01. The van der Waals surface area contributed by atoms with Crippen LogP contribution in [0, 0.1) is 17.8 Å².